The molecule has 6 heteroatoms. The van der Waals surface area contributed by atoms with E-state index in [1.54, 1.807) is 13.0 Å². The van der Waals surface area contributed by atoms with Gasteiger partial charge in [0.2, 0.25) is 5.91 Å². The Morgan fingerprint density at radius 2 is 1.63 bits per heavy atom. The highest BCUT2D eigenvalue weighted by Crippen LogP contribution is 2.27. The molecule has 152 valence electrons. The van der Waals surface area contributed by atoms with Gasteiger partial charge in [0.15, 0.2) is 0 Å². The Morgan fingerprint density at radius 3 is 2.40 bits per heavy atom. The number of aromatic amines is 1. The number of hydrogen-bond donors (Lipinski definition) is 3. The Balaban J connectivity index is 1.51. The molecule has 2 aromatic heterocycles. The van der Waals surface area contributed by atoms with E-state index in [-0.39, 0.29) is 17.9 Å². The van der Waals surface area contributed by atoms with Crippen molar-refractivity contribution in [3.8, 4) is 0 Å². The van der Waals surface area contributed by atoms with Gasteiger partial charge in [0.1, 0.15) is 11.7 Å². The second kappa shape index (κ2) is 7.99. The fourth-order valence-corrected chi connectivity index (χ4v) is 3.62. The van der Waals surface area contributed by atoms with Gasteiger partial charge in [-0.2, -0.15) is 0 Å². The third-order valence-corrected chi connectivity index (χ3v) is 5.31. The van der Waals surface area contributed by atoms with Crippen molar-refractivity contribution in [2.24, 2.45) is 0 Å². The van der Waals surface area contributed by atoms with Gasteiger partial charge in [-0.3, -0.25) is 9.59 Å². The smallest absolute Gasteiger partial charge is 0.270 e. The summed E-state index contributed by atoms with van der Waals surface area (Å²) >= 11 is 0. The minimum absolute atomic E-state index is 0.152. The molecule has 0 spiro atoms. The summed E-state index contributed by atoms with van der Waals surface area (Å²) in [7, 11) is 0. The third-order valence-electron chi connectivity index (χ3n) is 5.31. The van der Waals surface area contributed by atoms with Gasteiger partial charge in [-0.25, -0.2) is 4.98 Å². The number of para-hydroxylation sites is 1. The molecule has 30 heavy (non-hydrogen) atoms. The standard InChI is InChI=1S/C24H24N4O2/c1-14(17-9-5-4-6-10-17)26-23(29)16(3)27-24(30)21-13-19-18-11-7-8-12-20(18)28-22(19)15(2)25-21/h4-14,16,28H,1-3H3,(H,26,29)(H,27,30)/t14-,16-/m0/s1. The van der Waals surface area contributed by atoms with Crippen molar-refractivity contribution in [2.45, 2.75) is 32.9 Å². The van der Waals surface area contributed by atoms with Gasteiger partial charge >= 0.3 is 0 Å². The van der Waals surface area contributed by atoms with Crippen molar-refractivity contribution in [1.29, 1.82) is 0 Å². The second-order valence-electron chi connectivity index (χ2n) is 7.52. The van der Waals surface area contributed by atoms with Crippen LogP contribution in [0.3, 0.4) is 0 Å². The number of hydrogen-bond acceptors (Lipinski definition) is 3. The van der Waals surface area contributed by atoms with Crippen molar-refractivity contribution in [3.05, 3.63) is 77.6 Å². The molecule has 0 radical (unpaired) electrons. The number of nitrogens with one attached hydrogen (secondary N) is 3. The van der Waals surface area contributed by atoms with Gasteiger partial charge < -0.3 is 15.6 Å². The highest BCUT2D eigenvalue weighted by molar-refractivity contribution is 6.10. The molecular formula is C24H24N4O2. The summed E-state index contributed by atoms with van der Waals surface area (Å²) in [6, 6.07) is 18.6. The van der Waals surface area contributed by atoms with Crippen LogP contribution in [-0.4, -0.2) is 27.8 Å². The Hall–Kier alpha value is -3.67. The molecule has 3 N–H and O–H groups in total. The van der Waals surface area contributed by atoms with Gasteiger partial charge in [-0.15, -0.1) is 0 Å². The second-order valence-corrected chi connectivity index (χ2v) is 7.52. The Bertz CT molecular complexity index is 1230. The summed E-state index contributed by atoms with van der Waals surface area (Å²) in [6.45, 7) is 5.45. The van der Waals surface area contributed by atoms with Crippen LogP contribution < -0.4 is 10.6 Å². The van der Waals surface area contributed by atoms with Gasteiger partial charge in [0.25, 0.3) is 5.91 Å². The average Bonchev–Trinajstić information content (AvgIpc) is 3.13. The number of fused-ring (bicyclic) bond motifs is 3. The predicted molar refractivity (Wildman–Crippen MR) is 118 cm³/mol. The molecule has 2 heterocycles. The Kier molecular flexibility index (Phi) is 5.23. The monoisotopic (exact) mass is 400 g/mol. The Labute approximate surface area is 174 Å². The van der Waals surface area contributed by atoms with Crippen LogP contribution >= 0.6 is 0 Å². The highest BCUT2D eigenvalue weighted by atomic mass is 16.2. The molecule has 4 rings (SSSR count). The maximum absolute atomic E-state index is 12.8. The zero-order chi connectivity index (χ0) is 21.3. The van der Waals surface area contributed by atoms with E-state index in [0.717, 1.165) is 33.1 Å². The average molecular weight is 400 g/mol. The molecule has 0 unspecified atom stereocenters. The number of aryl methyl sites for hydroxylation is 1. The summed E-state index contributed by atoms with van der Waals surface area (Å²) in [5.41, 5.74) is 3.95. The number of nitrogens with zero attached hydrogens (tertiary/aromatic N) is 1. The summed E-state index contributed by atoms with van der Waals surface area (Å²) in [5.74, 6) is -0.620. The number of pyridine rings is 1. The van der Waals surface area contributed by atoms with E-state index >= 15 is 0 Å². The number of amides is 2. The van der Waals surface area contributed by atoms with E-state index in [0.29, 0.717) is 5.69 Å². The van der Waals surface area contributed by atoms with Crippen LogP contribution in [0.5, 0.6) is 0 Å². The molecule has 6 nitrogen and oxygen atoms in total. The van der Waals surface area contributed by atoms with E-state index in [4.69, 9.17) is 0 Å². The lowest BCUT2D eigenvalue weighted by Gasteiger charge is -2.19. The topological polar surface area (TPSA) is 86.9 Å². The molecule has 0 fully saturated rings. The van der Waals surface area contributed by atoms with Gasteiger partial charge in [0, 0.05) is 16.3 Å². The van der Waals surface area contributed by atoms with E-state index < -0.39 is 6.04 Å². The van der Waals surface area contributed by atoms with Crippen LogP contribution in [0.1, 0.15) is 41.6 Å². The summed E-state index contributed by atoms with van der Waals surface area (Å²) < 4.78 is 0. The van der Waals surface area contributed by atoms with Crippen molar-refractivity contribution in [3.63, 3.8) is 0 Å². The number of benzene rings is 2. The molecule has 2 atom stereocenters. The maximum Gasteiger partial charge on any atom is 0.270 e. The van der Waals surface area contributed by atoms with Crippen molar-refractivity contribution in [2.75, 3.05) is 0 Å². The zero-order valence-electron chi connectivity index (χ0n) is 17.2. The molecule has 0 saturated heterocycles. The molecule has 0 aliphatic rings. The summed E-state index contributed by atoms with van der Waals surface area (Å²) in [6.07, 6.45) is 0. The third kappa shape index (κ3) is 3.76. The van der Waals surface area contributed by atoms with Crippen LogP contribution in [-0.2, 0) is 4.79 Å². The fourth-order valence-electron chi connectivity index (χ4n) is 3.62. The molecule has 0 saturated carbocycles. The van der Waals surface area contributed by atoms with E-state index in [9.17, 15) is 9.59 Å². The van der Waals surface area contributed by atoms with Crippen LogP contribution in [0, 0.1) is 6.92 Å². The lowest BCUT2D eigenvalue weighted by molar-refractivity contribution is -0.123. The van der Waals surface area contributed by atoms with Crippen LogP contribution in [0.2, 0.25) is 0 Å². The number of aromatic nitrogens is 2. The van der Waals surface area contributed by atoms with Gasteiger partial charge in [0.05, 0.1) is 17.3 Å². The minimum Gasteiger partial charge on any atom is -0.353 e. The van der Waals surface area contributed by atoms with Crippen LogP contribution in [0.4, 0.5) is 0 Å². The minimum atomic E-state index is -0.690. The maximum atomic E-state index is 12.8. The van der Waals surface area contributed by atoms with Crippen molar-refractivity contribution >= 4 is 33.6 Å². The quantitative estimate of drug-likeness (QED) is 0.473. The first-order valence-electron chi connectivity index (χ1n) is 9.98. The van der Waals surface area contributed by atoms with Gasteiger partial charge in [-0.1, -0.05) is 48.5 Å². The normalized spacial score (nSPS) is 13.2. The molecule has 2 aromatic carbocycles. The first kappa shape index (κ1) is 19.6. The fraction of sp³-hybridized carbons (Fsp3) is 0.208. The highest BCUT2D eigenvalue weighted by Gasteiger charge is 2.20. The molecule has 0 aliphatic heterocycles. The predicted octanol–water partition coefficient (Wildman–Crippen LogP) is 4.02. The molecule has 4 aromatic rings. The molecule has 2 amide bonds. The molecular weight excluding hydrogens is 376 g/mol. The lowest BCUT2D eigenvalue weighted by atomic mass is 10.1. The molecule has 0 bridgehead atoms. The number of carbonyl (C=O) groups excluding carboxylic acids is 2. The Morgan fingerprint density at radius 1 is 0.933 bits per heavy atom. The number of rotatable bonds is 5. The first-order valence-corrected chi connectivity index (χ1v) is 9.98. The van der Waals surface area contributed by atoms with E-state index in [2.05, 4.69) is 20.6 Å². The van der Waals surface area contributed by atoms with Gasteiger partial charge in [-0.05, 0) is 38.5 Å². The lowest BCUT2D eigenvalue weighted by Crippen LogP contribution is -2.45. The largest absolute Gasteiger partial charge is 0.353 e. The van der Waals surface area contributed by atoms with Crippen LogP contribution in [0.25, 0.3) is 21.8 Å². The van der Waals surface area contributed by atoms with E-state index in [1.165, 1.54) is 0 Å². The van der Waals surface area contributed by atoms with Crippen LogP contribution in [0.15, 0.2) is 60.7 Å². The summed E-state index contributed by atoms with van der Waals surface area (Å²) in [5, 5.41) is 7.68. The van der Waals surface area contributed by atoms with E-state index in [1.807, 2.05) is 68.4 Å². The zero-order valence-corrected chi connectivity index (χ0v) is 17.2. The number of H-pyrrole nitrogens is 1. The summed E-state index contributed by atoms with van der Waals surface area (Å²) in [4.78, 5) is 33.2. The first-order chi connectivity index (χ1) is 14.4. The number of carbonyl (C=O) groups is 2. The van der Waals surface area contributed by atoms with Crippen molar-refractivity contribution in [1.82, 2.24) is 20.6 Å². The SMILES string of the molecule is Cc1nc(C(=O)N[C@@H](C)C(=O)N[C@@H](C)c2ccccc2)cc2c1[nH]c1ccccc12. The van der Waals surface area contributed by atoms with Crippen molar-refractivity contribution < 1.29 is 9.59 Å². The molecule has 0 aliphatic carbocycles.